The molecule has 6 heteroatoms. The predicted octanol–water partition coefficient (Wildman–Crippen LogP) is 4.09. The van der Waals surface area contributed by atoms with Crippen LogP contribution in [0, 0.1) is 11.8 Å². The highest BCUT2D eigenvalue weighted by Crippen LogP contribution is 2.45. The molecule has 0 amide bonds. The number of halogens is 2. The van der Waals surface area contributed by atoms with Crippen LogP contribution in [0.2, 0.25) is 10.0 Å². The van der Waals surface area contributed by atoms with Crippen molar-refractivity contribution in [1.82, 2.24) is 0 Å². The summed E-state index contributed by atoms with van der Waals surface area (Å²) in [5.74, 6) is 0.598. The van der Waals surface area contributed by atoms with Crippen molar-refractivity contribution < 1.29 is 19.1 Å². The van der Waals surface area contributed by atoms with Gasteiger partial charge in [-0.25, -0.2) is 4.79 Å². The standard InChI is InChI=1S/C17H18Cl2O4/c1-2-22-13(20)8-23-12-7-10-6-11(5-9-3-4-9)17(21)14(10)16(19)15(12)18/h7,9,11H,2-6,8H2,1H3. The van der Waals surface area contributed by atoms with Gasteiger partial charge in [-0.2, -0.15) is 0 Å². The average molecular weight is 357 g/mol. The maximum absolute atomic E-state index is 12.5. The molecular formula is C17H18Cl2O4. The Labute approximate surface area is 145 Å². The van der Waals surface area contributed by atoms with Gasteiger partial charge < -0.3 is 9.47 Å². The van der Waals surface area contributed by atoms with Crippen LogP contribution in [0.3, 0.4) is 0 Å². The predicted molar refractivity (Wildman–Crippen MR) is 87.5 cm³/mol. The van der Waals surface area contributed by atoms with E-state index in [0.717, 1.165) is 12.0 Å². The number of esters is 1. The molecule has 0 N–H and O–H groups in total. The summed E-state index contributed by atoms with van der Waals surface area (Å²) in [6, 6.07) is 1.73. The second-order valence-corrected chi connectivity index (χ2v) is 6.83. The monoisotopic (exact) mass is 356 g/mol. The zero-order valence-electron chi connectivity index (χ0n) is 12.9. The van der Waals surface area contributed by atoms with E-state index in [1.165, 1.54) is 12.8 Å². The van der Waals surface area contributed by atoms with Gasteiger partial charge in [0.25, 0.3) is 0 Å². The van der Waals surface area contributed by atoms with Crippen LogP contribution in [-0.2, 0) is 16.0 Å². The third kappa shape index (κ3) is 3.48. The van der Waals surface area contributed by atoms with Crippen molar-refractivity contribution in [3.63, 3.8) is 0 Å². The molecule has 2 aliphatic carbocycles. The Kier molecular flexibility index (Phi) is 4.83. The van der Waals surface area contributed by atoms with E-state index >= 15 is 0 Å². The largest absolute Gasteiger partial charge is 0.480 e. The molecule has 0 aliphatic heterocycles. The summed E-state index contributed by atoms with van der Waals surface area (Å²) in [4.78, 5) is 23.9. The zero-order chi connectivity index (χ0) is 16.6. The number of ether oxygens (including phenoxy) is 2. The summed E-state index contributed by atoms with van der Waals surface area (Å²) in [6.07, 6.45) is 4.00. The highest BCUT2D eigenvalue weighted by molar-refractivity contribution is 6.45. The van der Waals surface area contributed by atoms with Gasteiger partial charge in [-0.05, 0) is 37.3 Å². The first-order valence-electron chi connectivity index (χ1n) is 7.84. The lowest BCUT2D eigenvalue weighted by Crippen LogP contribution is -2.15. The highest BCUT2D eigenvalue weighted by atomic mass is 35.5. The molecular weight excluding hydrogens is 339 g/mol. The van der Waals surface area contributed by atoms with Crippen molar-refractivity contribution in [3.8, 4) is 5.75 Å². The van der Waals surface area contributed by atoms with Crippen molar-refractivity contribution in [2.24, 2.45) is 11.8 Å². The molecule has 1 aromatic carbocycles. The van der Waals surface area contributed by atoms with E-state index in [9.17, 15) is 9.59 Å². The van der Waals surface area contributed by atoms with Crippen LogP contribution in [0.25, 0.3) is 0 Å². The molecule has 1 aromatic rings. The SMILES string of the molecule is CCOC(=O)COc1cc2c(c(Cl)c1Cl)C(=O)C(CC1CC1)C2. The fraction of sp³-hybridized carbons (Fsp3) is 0.529. The number of benzene rings is 1. The number of Topliss-reactive ketones (excluding diaryl/α,β-unsaturated/α-hetero) is 1. The number of carbonyl (C=O) groups excluding carboxylic acids is 2. The van der Waals surface area contributed by atoms with E-state index in [4.69, 9.17) is 32.7 Å². The minimum absolute atomic E-state index is 0.00799. The van der Waals surface area contributed by atoms with Crippen molar-refractivity contribution in [2.45, 2.75) is 32.6 Å². The Hall–Kier alpha value is -1.26. The summed E-state index contributed by atoms with van der Waals surface area (Å²) in [5.41, 5.74) is 1.37. The van der Waals surface area contributed by atoms with Crippen molar-refractivity contribution in [1.29, 1.82) is 0 Å². The van der Waals surface area contributed by atoms with Crippen LogP contribution < -0.4 is 4.74 Å². The fourth-order valence-corrected chi connectivity index (χ4v) is 3.54. The number of fused-ring (bicyclic) bond motifs is 1. The van der Waals surface area contributed by atoms with E-state index in [1.807, 2.05) is 0 Å². The topological polar surface area (TPSA) is 52.6 Å². The summed E-state index contributed by atoms with van der Waals surface area (Å²) < 4.78 is 10.2. The Morgan fingerprint density at radius 3 is 2.70 bits per heavy atom. The molecule has 0 bridgehead atoms. The van der Waals surface area contributed by atoms with Gasteiger partial charge in [0, 0.05) is 11.5 Å². The minimum Gasteiger partial charge on any atom is -0.480 e. The molecule has 3 rings (SSSR count). The maximum atomic E-state index is 12.5. The molecule has 1 atom stereocenters. The van der Waals surface area contributed by atoms with Crippen LogP contribution in [0.15, 0.2) is 6.07 Å². The molecule has 4 nitrogen and oxygen atoms in total. The quantitative estimate of drug-likeness (QED) is 0.720. The fourth-order valence-electron chi connectivity index (χ4n) is 3.03. The number of ketones is 1. The van der Waals surface area contributed by atoms with E-state index in [2.05, 4.69) is 0 Å². The molecule has 0 radical (unpaired) electrons. The molecule has 0 saturated heterocycles. The number of hydrogen-bond donors (Lipinski definition) is 0. The second-order valence-electron chi connectivity index (χ2n) is 6.07. The molecule has 23 heavy (non-hydrogen) atoms. The van der Waals surface area contributed by atoms with Gasteiger partial charge in [0.1, 0.15) is 10.8 Å². The molecule has 0 heterocycles. The van der Waals surface area contributed by atoms with Crippen molar-refractivity contribution >= 4 is 35.0 Å². The third-order valence-corrected chi connectivity index (χ3v) is 5.15. The van der Waals surface area contributed by atoms with Crippen LogP contribution >= 0.6 is 23.2 Å². The van der Waals surface area contributed by atoms with Crippen LogP contribution in [0.5, 0.6) is 5.75 Å². The molecule has 1 unspecified atom stereocenters. The van der Waals surface area contributed by atoms with Crippen LogP contribution in [0.4, 0.5) is 0 Å². The van der Waals surface area contributed by atoms with Crippen LogP contribution in [-0.4, -0.2) is 25.0 Å². The number of hydrogen-bond acceptors (Lipinski definition) is 4. The van der Waals surface area contributed by atoms with Crippen molar-refractivity contribution in [3.05, 3.63) is 27.2 Å². The summed E-state index contributed by atoms with van der Waals surface area (Å²) >= 11 is 12.5. The molecule has 0 spiro atoms. The highest BCUT2D eigenvalue weighted by Gasteiger charge is 2.38. The zero-order valence-corrected chi connectivity index (χ0v) is 14.4. The summed E-state index contributed by atoms with van der Waals surface area (Å²) in [6.45, 7) is 1.78. The van der Waals surface area contributed by atoms with Gasteiger partial charge in [-0.1, -0.05) is 36.0 Å². The van der Waals surface area contributed by atoms with E-state index in [0.29, 0.717) is 23.7 Å². The lowest BCUT2D eigenvalue weighted by Gasteiger charge is -2.11. The van der Waals surface area contributed by atoms with Gasteiger partial charge in [0.05, 0.1) is 11.6 Å². The third-order valence-electron chi connectivity index (χ3n) is 4.30. The molecule has 0 aromatic heterocycles. The summed E-state index contributed by atoms with van der Waals surface area (Å²) in [7, 11) is 0. The second kappa shape index (κ2) is 6.70. The van der Waals surface area contributed by atoms with Gasteiger partial charge in [-0.3, -0.25) is 4.79 Å². The van der Waals surface area contributed by atoms with Crippen LogP contribution in [0.1, 0.15) is 42.1 Å². The Morgan fingerprint density at radius 2 is 2.04 bits per heavy atom. The normalized spacial score (nSPS) is 19.6. The Morgan fingerprint density at radius 1 is 1.30 bits per heavy atom. The van der Waals surface area contributed by atoms with E-state index in [1.54, 1.807) is 13.0 Å². The lowest BCUT2D eigenvalue weighted by molar-refractivity contribution is -0.145. The number of rotatable bonds is 6. The molecule has 2 aliphatic rings. The smallest absolute Gasteiger partial charge is 0.344 e. The van der Waals surface area contributed by atoms with E-state index < -0.39 is 5.97 Å². The first kappa shape index (κ1) is 16.6. The Balaban J connectivity index is 1.78. The number of carbonyl (C=O) groups is 2. The van der Waals surface area contributed by atoms with Crippen molar-refractivity contribution in [2.75, 3.05) is 13.2 Å². The Bertz CT molecular complexity index is 652. The van der Waals surface area contributed by atoms with E-state index in [-0.39, 0.29) is 35.0 Å². The first-order chi connectivity index (χ1) is 11.0. The van der Waals surface area contributed by atoms with Gasteiger partial charge >= 0.3 is 5.97 Å². The molecule has 1 saturated carbocycles. The van der Waals surface area contributed by atoms with Gasteiger partial charge in [0.15, 0.2) is 12.4 Å². The summed E-state index contributed by atoms with van der Waals surface area (Å²) in [5, 5.41) is 0.404. The molecule has 1 fully saturated rings. The van der Waals surface area contributed by atoms with Gasteiger partial charge in [-0.15, -0.1) is 0 Å². The lowest BCUT2D eigenvalue weighted by atomic mass is 9.98. The minimum atomic E-state index is -0.470. The van der Waals surface area contributed by atoms with Gasteiger partial charge in [0.2, 0.25) is 0 Å². The average Bonchev–Trinajstić information content (AvgIpc) is 3.27. The maximum Gasteiger partial charge on any atom is 0.344 e. The molecule has 124 valence electrons. The first-order valence-corrected chi connectivity index (χ1v) is 8.60.